The number of aliphatic imine (C=N–C) groups is 1. The van der Waals surface area contributed by atoms with E-state index in [4.69, 9.17) is 4.74 Å². The monoisotopic (exact) mass is 523 g/mol. The van der Waals surface area contributed by atoms with E-state index in [9.17, 15) is 35.9 Å². The molecule has 200 valence electrons. The SMILES string of the molecule is C\C=C(/C=N\C(=C\CC)N1CCN(C(=O)CCOCc2cc(C(F)(F)F)c(=O)[nH]n2)CC1)C(F)(F)F. The summed E-state index contributed by atoms with van der Waals surface area (Å²) in [5.74, 6) is 0.154. The Labute approximate surface area is 203 Å². The molecule has 2 heterocycles. The lowest BCUT2D eigenvalue weighted by Crippen LogP contribution is -2.48. The summed E-state index contributed by atoms with van der Waals surface area (Å²) < 4.78 is 82.4. The van der Waals surface area contributed by atoms with Crippen LogP contribution in [0.3, 0.4) is 0 Å². The van der Waals surface area contributed by atoms with Crippen molar-refractivity contribution in [3.05, 3.63) is 51.2 Å². The minimum atomic E-state index is -4.83. The maximum absolute atomic E-state index is 12.9. The van der Waals surface area contributed by atoms with E-state index < -0.39 is 29.0 Å². The van der Waals surface area contributed by atoms with Gasteiger partial charge in [0.2, 0.25) is 5.91 Å². The number of ether oxygens (including phenoxy) is 1. The van der Waals surface area contributed by atoms with Crippen LogP contribution < -0.4 is 5.56 Å². The maximum Gasteiger partial charge on any atom is 0.421 e. The number of aromatic nitrogens is 2. The molecule has 0 saturated carbocycles. The molecule has 1 N–H and O–H groups in total. The van der Waals surface area contributed by atoms with Crippen LogP contribution in [-0.4, -0.2) is 71.1 Å². The molecule has 0 spiro atoms. The largest absolute Gasteiger partial charge is 0.421 e. The van der Waals surface area contributed by atoms with E-state index in [0.717, 1.165) is 12.3 Å². The summed E-state index contributed by atoms with van der Waals surface area (Å²) in [6.45, 7) is 4.10. The summed E-state index contributed by atoms with van der Waals surface area (Å²) in [5.41, 5.74) is -3.73. The fourth-order valence-electron chi connectivity index (χ4n) is 3.30. The van der Waals surface area contributed by atoms with Crippen molar-refractivity contribution < 1.29 is 35.9 Å². The molecule has 0 bridgehead atoms. The maximum atomic E-state index is 12.9. The molecular formula is C22H27F6N5O3. The van der Waals surface area contributed by atoms with Gasteiger partial charge in [-0.15, -0.1) is 0 Å². The number of rotatable bonds is 9. The number of amides is 1. The minimum Gasteiger partial charge on any atom is -0.375 e. The van der Waals surface area contributed by atoms with Crippen molar-refractivity contribution in [2.45, 2.75) is 45.6 Å². The van der Waals surface area contributed by atoms with Crippen LogP contribution in [0.4, 0.5) is 26.3 Å². The van der Waals surface area contributed by atoms with Gasteiger partial charge < -0.3 is 14.5 Å². The van der Waals surface area contributed by atoms with Gasteiger partial charge in [0.15, 0.2) is 0 Å². The first-order valence-electron chi connectivity index (χ1n) is 11.1. The first kappa shape index (κ1) is 29.1. The van der Waals surface area contributed by atoms with Crippen molar-refractivity contribution in [2.24, 2.45) is 4.99 Å². The van der Waals surface area contributed by atoms with Crippen molar-refractivity contribution in [1.29, 1.82) is 0 Å². The van der Waals surface area contributed by atoms with Gasteiger partial charge in [-0.3, -0.25) is 9.59 Å². The van der Waals surface area contributed by atoms with Crippen LogP contribution in [0.15, 0.2) is 39.4 Å². The standard InChI is InChI=1S/C22H27F6N5O3/c1-3-5-18(29-13-15(4-2)21(23,24)25)32-7-9-33(10-8-32)19(34)6-11-36-14-16-12-17(22(26,27)28)20(35)31-30-16/h4-5,12-13H,3,6-11,14H2,1-2H3,(H,31,35)/b15-4+,18-5-,29-13-. The van der Waals surface area contributed by atoms with Gasteiger partial charge >= 0.3 is 12.4 Å². The molecule has 0 atom stereocenters. The average molecular weight is 523 g/mol. The van der Waals surface area contributed by atoms with E-state index in [0.29, 0.717) is 44.5 Å². The van der Waals surface area contributed by atoms with Gasteiger partial charge in [0.1, 0.15) is 11.4 Å². The third kappa shape index (κ3) is 8.50. The molecule has 1 aromatic heterocycles. The number of allylic oxidation sites excluding steroid dienone is 3. The average Bonchev–Trinajstić information content (AvgIpc) is 2.81. The summed E-state index contributed by atoms with van der Waals surface area (Å²) in [6.07, 6.45) is -5.36. The van der Waals surface area contributed by atoms with Gasteiger partial charge in [-0.2, -0.15) is 31.4 Å². The highest BCUT2D eigenvalue weighted by Crippen LogP contribution is 2.26. The number of hydrogen-bond donors (Lipinski definition) is 1. The van der Waals surface area contributed by atoms with Crippen molar-refractivity contribution in [3.8, 4) is 0 Å². The molecule has 1 saturated heterocycles. The highest BCUT2D eigenvalue weighted by Gasteiger charge is 2.34. The highest BCUT2D eigenvalue weighted by atomic mass is 19.4. The topological polar surface area (TPSA) is 90.9 Å². The first-order chi connectivity index (χ1) is 16.9. The van der Waals surface area contributed by atoms with Gasteiger partial charge in [-0.05, 0) is 25.5 Å². The zero-order valence-corrected chi connectivity index (χ0v) is 19.7. The Balaban J connectivity index is 1.84. The first-order valence-corrected chi connectivity index (χ1v) is 11.1. The number of nitrogens with zero attached hydrogens (tertiary/aromatic N) is 4. The Morgan fingerprint density at radius 2 is 1.81 bits per heavy atom. The van der Waals surface area contributed by atoms with Crippen molar-refractivity contribution in [1.82, 2.24) is 20.0 Å². The third-order valence-electron chi connectivity index (χ3n) is 5.19. The summed E-state index contributed by atoms with van der Waals surface area (Å²) >= 11 is 0. The Hall–Kier alpha value is -3.16. The molecular weight excluding hydrogens is 496 g/mol. The molecule has 8 nitrogen and oxygen atoms in total. The van der Waals surface area contributed by atoms with Crippen LogP contribution in [0.2, 0.25) is 0 Å². The van der Waals surface area contributed by atoms with E-state index in [1.165, 1.54) is 6.92 Å². The number of nitrogens with one attached hydrogen (secondary N) is 1. The molecule has 1 aromatic rings. The second kappa shape index (κ2) is 12.7. The molecule has 0 radical (unpaired) electrons. The van der Waals surface area contributed by atoms with Crippen LogP contribution in [-0.2, 0) is 22.3 Å². The van der Waals surface area contributed by atoms with Crippen molar-refractivity contribution in [2.75, 3.05) is 32.8 Å². The van der Waals surface area contributed by atoms with E-state index in [1.54, 1.807) is 21.0 Å². The zero-order chi connectivity index (χ0) is 26.9. The van der Waals surface area contributed by atoms with E-state index in [2.05, 4.69) is 10.1 Å². The lowest BCUT2D eigenvalue weighted by molar-refractivity contribution is -0.139. The number of piperazine rings is 1. The van der Waals surface area contributed by atoms with Crippen molar-refractivity contribution >= 4 is 12.1 Å². The number of aromatic amines is 1. The number of halogens is 6. The van der Waals surface area contributed by atoms with E-state index >= 15 is 0 Å². The molecule has 0 unspecified atom stereocenters. The lowest BCUT2D eigenvalue weighted by Gasteiger charge is -2.36. The smallest absolute Gasteiger partial charge is 0.375 e. The number of carbonyl (C=O) groups excluding carboxylic acids is 1. The van der Waals surface area contributed by atoms with Gasteiger partial charge in [0, 0.05) is 32.4 Å². The van der Waals surface area contributed by atoms with Crippen molar-refractivity contribution in [3.63, 3.8) is 0 Å². The Kier molecular flexibility index (Phi) is 10.3. The van der Waals surface area contributed by atoms with E-state index in [1.807, 2.05) is 6.92 Å². The number of alkyl halides is 6. The molecule has 36 heavy (non-hydrogen) atoms. The lowest BCUT2D eigenvalue weighted by atomic mass is 10.2. The zero-order valence-electron chi connectivity index (χ0n) is 19.7. The number of hydrogen-bond acceptors (Lipinski definition) is 6. The summed E-state index contributed by atoms with van der Waals surface area (Å²) in [7, 11) is 0. The Bertz CT molecular complexity index is 1040. The Morgan fingerprint density at radius 1 is 1.17 bits per heavy atom. The normalized spacial score (nSPS) is 16.2. The Morgan fingerprint density at radius 3 is 2.36 bits per heavy atom. The quantitative estimate of drug-likeness (QED) is 0.303. The van der Waals surface area contributed by atoms with Gasteiger partial charge in [-0.25, -0.2) is 10.1 Å². The van der Waals surface area contributed by atoms with Gasteiger partial charge in [-0.1, -0.05) is 13.0 Å². The molecule has 1 aliphatic heterocycles. The number of carbonyl (C=O) groups is 1. The van der Waals surface area contributed by atoms with Gasteiger partial charge in [0.25, 0.3) is 5.56 Å². The molecule has 0 aliphatic carbocycles. The van der Waals surface area contributed by atoms with E-state index in [-0.39, 0.29) is 31.2 Å². The van der Waals surface area contributed by atoms with Crippen LogP contribution in [0.1, 0.15) is 37.9 Å². The molecule has 0 aromatic carbocycles. The number of H-pyrrole nitrogens is 1. The fraction of sp³-hybridized carbons (Fsp3) is 0.545. The van der Waals surface area contributed by atoms with Crippen LogP contribution in [0, 0.1) is 0 Å². The minimum absolute atomic E-state index is 0.0263. The van der Waals surface area contributed by atoms with Gasteiger partial charge in [0.05, 0.1) is 30.9 Å². The predicted octanol–water partition coefficient (Wildman–Crippen LogP) is 3.67. The molecule has 1 aliphatic rings. The summed E-state index contributed by atoms with van der Waals surface area (Å²) in [5, 5.41) is 5.26. The molecule has 1 fully saturated rings. The summed E-state index contributed by atoms with van der Waals surface area (Å²) in [6, 6.07) is 0.595. The highest BCUT2D eigenvalue weighted by molar-refractivity contribution is 5.81. The summed E-state index contributed by atoms with van der Waals surface area (Å²) in [4.78, 5) is 31.1. The third-order valence-corrected chi connectivity index (χ3v) is 5.19. The molecule has 1 amide bonds. The van der Waals surface area contributed by atoms with Crippen LogP contribution in [0.5, 0.6) is 0 Å². The molecule has 2 rings (SSSR count). The predicted molar refractivity (Wildman–Crippen MR) is 119 cm³/mol. The van der Waals surface area contributed by atoms with Crippen LogP contribution in [0.25, 0.3) is 0 Å². The second-order valence-corrected chi connectivity index (χ2v) is 7.74. The second-order valence-electron chi connectivity index (χ2n) is 7.74. The molecule has 14 heteroatoms. The van der Waals surface area contributed by atoms with Crippen LogP contribution >= 0.6 is 0 Å². The fourth-order valence-corrected chi connectivity index (χ4v) is 3.30.